The number of pyridine rings is 1. The maximum absolute atomic E-state index is 12.3. The normalized spacial score (nSPS) is 17.3. The summed E-state index contributed by atoms with van der Waals surface area (Å²) in [7, 11) is 1.77. The van der Waals surface area contributed by atoms with E-state index in [0.29, 0.717) is 24.5 Å². The molecule has 0 aromatic carbocycles. The first kappa shape index (κ1) is 14.9. The Morgan fingerprint density at radius 1 is 1.43 bits per heavy atom. The summed E-state index contributed by atoms with van der Waals surface area (Å²) in [6.45, 7) is 1.21. The molecule has 0 bridgehead atoms. The second kappa shape index (κ2) is 6.03. The van der Waals surface area contributed by atoms with E-state index in [1.165, 1.54) is 12.3 Å². The van der Waals surface area contributed by atoms with Crippen LogP contribution in [0.3, 0.4) is 0 Å². The van der Waals surface area contributed by atoms with E-state index in [-0.39, 0.29) is 17.6 Å². The standard InChI is InChI=1S/C14H16N6O3/c1-18-8-10(6-16-18)14(21)19-5-4-11(9-19)17-13-3-2-12(7-15-13)20(22)23/h2-3,6-8,11H,4-5,9H2,1H3,(H,15,17)/t11-/m1/s1. The van der Waals surface area contributed by atoms with Crippen LogP contribution >= 0.6 is 0 Å². The van der Waals surface area contributed by atoms with E-state index in [0.717, 1.165) is 6.42 Å². The highest BCUT2D eigenvalue weighted by atomic mass is 16.6. The number of nitrogens with one attached hydrogen (secondary N) is 1. The fourth-order valence-corrected chi connectivity index (χ4v) is 2.57. The summed E-state index contributed by atoms with van der Waals surface area (Å²) >= 11 is 0. The van der Waals surface area contributed by atoms with E-state index in [1.807, 2.05) is 0 Å². The van der Waals surface area contributed by atoms with Gasteiger partial charge in [-0.3, -0.25) is 19.6 Å². The average molecular weight is 316 g/mol. The quantitative estimate of drug-likeness (QED) is 0.667. The van der Waals surface area contributed by atoms with Crippen LogP contribution in [0.25, 0.3) is 0 Å². The largest absolute Gasteiger partial charge is 0.365 e. The molecule has 0 unspecified atom stereocenters. The Hall–Kier alpha value is -2.97. The van der Waals surface area contributed by atoms with Gasteiger partial charge in [0.15, 0.2) is 0 Å². The molecule has 9 heteroatoms. The molecule has 1 saturated heterocycles. The summed E-state index contributed by atoms with van der Waals surface area (Å²) in [5, 5.41) is 17.8. The van der Waals surface area contributed by atoms with Gasteiger partial charge < -0.3 is 10.2 Å². The van der Waals surface area contributed by atoms with Crippen molar-refractivity contribution in [2.45, 2.75) is 12.5 Å². The minimum absolute atomic E-state index is 0.0425. The second-order valence-electron chi connectivity index (χ2n) is 5.44. The summed E-state index contributed by atoms with van der Waals surface area (Å²) in [5.74, 6) is 0.523. The van der Waals surface area contributed by atoms with Gasteiger partial charge in [-0.1, -0.05) is 0 Å². The molecule has 0 saturated carbocycles. The minimum atomic E-state index is -0.485. The third-order valence-corrected chi connectivity index (χ3v) is 3.74. The van der Waals surface area contributed by atoms with E-state index < -0.39 is 4.92 Å². The first-order valence-corrected chi connectivity index (χ1v) is 7.18. The monoisotopic (exact) mass is 316 g/mol. The molecular weight excluding hydrogens is 300 g/mol. The Morgan fingerprint density at radius 3 is 2.87 bits per heavy atom. The van der Waals surface area contributed by atoms with Crippen LogP contribution in [-0.4, -0.2) is 49.6 Å². The van der Waals surface area contributed by atoms with Crippen LogP contribution in [0.1, 0.15) is 16.8 Å². The Morgan fingerprint density at radius 2 is 2.26 bits per heavy atom. The Bertz CT molecular complexity index is 726. The molecule has 23 heavy (non-hydrogen) atoms. The first-order chi connectivity index (χ1) is 11.0. The van der Waals surface area contributed by atoms with Crippen molar-refractivity contribution in [3.8, 4) is 0 Å². The molecule has 1 amide bonds. The number of likely N-dealkylation sites (tertiary alicyclic amines) is 1. The smallest absolute Gasteiger partial charge is 0.287 e. The number of hydrogen-bond acceptors (Lipinski definition) is 6. The summed E-state index contributed by atoms with van der Waals surface area (Å²) in [6.07, 6.45) is 5.27. The van der Waals surface area contributed by atoms with Crippen molar-refractivity contribution in [3.05, 3.63) is 46.4 Å². The topological polar surface area (TPSA) is 106 Å². The number of nitro groups is 1. The average Bonchev–Trinajstić information content (AvgIpc) is 3.16. The highest BCUT2D eigenvalue weighted by molar-refractivity contribution is 5.94. The number of rotatable bonds is 4. The summed E-state index contributed by atoms with van der Waals surface area (Å²) in [6, 6.07) is 3.05. The fraction of sp³-hybridized carbons (Fsp3) is 0.357. The van der Waals surface area contributed by atoms with Gasteiger partial charge in [-0.2, -0.15) is 5.10 Å². The molecule has 0 aliphatic carbocycles. The van der Waals surface area contributed by atoms with Crippen molar-refractivity contribution in [3.63, 3.8) is 0 Å². The van der Waals surface area contributed by atoms with Crippen LogP contribution in [-0.2, 0) is 7.05 Å². The molecule has 3 heterocycles. The zero-order chi connectivity index (χ0) is 16.4. The van der Waals surface area contributed by atoms with Gasteiger partial charge in [0.1, 0.15) is 12.0 Å². The predicted octanol–water partition coefficient (Wildman–Crippen LogP) is 1.05. The van der Waals surface area contributed by atoms with E-state index in [2.05, 4.69) is 15.4 Å². The lowest BCUT2D eigenvalue weighted by atomic mass is 10.2. The third kappa shape index (κ3) is 3.28. The molecule has 3 rings (SSSR count). The molecule has 0 radical (unpaired) electrons. The van der Waals surface area contributed by atoms with E-state index in [1.54, 1.807) is 35.1 Å². The van der Waals surface area contributed by atoms with Crippen LogP contribution in [0.5, 0.6) is 0 Å². The molecule has 1 atom stereocenters. The number of anilines is 1. The van der Waals surface area contributed by atoms with Gasteiger partial charge >= 0.3 is 0 Å². The summed E-state index contributed by atoms with van der Waals surface area (Å²) in [4.78, 5) is 28.2. The zero-order valence-corrected chi connectivity index (χ0v) is 12.5. The van der Waals surface area contributed by atoms with Crippen molar-refractivity contribution < 1.29 is 9.72 Å². The van der Waals surface area contributed by atoms with Crippen molar-refractivity contribution in [1.29, 1.82) is 0 Å². The van der Waals surface area contributed by atoms with Crippen LogP contribution < -0.4 is 5.32 Å². The highest BCUT2D eigenvalue weighted by Gasteiger charge is 2.27. The Labute approximate surface area is 132 Å². The van der Waals surface area contributed by atoms with Crippen LogP contribution in [0.15, 0.2) is 30.7 Å². The second-order valence-corrected chi connectivity index (χ2v) is 5.44. The van der Waals surface area contributed by atoms with Gasteiger partial charge in [-0.15, -0.1) is 0 Å². The minimum Gasteiger partial charge on any atom is -0.365 e. The van der Waals surface area contributed by atoms with Gasteiger partial charge in [0, 0.05) is 38.4 Å². The zero-order valence-electron chi connectivity index (χ0n) is 12.5. The number of aryl methyl sites for hydroxylation is 1. The fourth-order valence-electron chi connectivity index (χ4n) is 2.57. The summed E-state index contributed by atoms with van der Waals surface area (Å²) < 4.78 is 1.60. The van der Waals surface area contributed by atoms with Crippen molar-refractivity contribution in [2.24, 2.45) is 7.05 Å². The lowest BCUT2D eigenvalue weighted by Gasteiger charge is -2.16. The molecule has 2 aromatic heterocycles. The number of aromatic nitrogens is 3. The molecule has 9 nitrogen and oxygen atoms in total. The van der Waals surface area contributed by atoms with Gasteiger partial charge in [-0.25, -0.2) is 4.98 Å². The van der Waals surface area contributed by atoms with Crippen LogP contribution in [0.2, 0.25) is 0 Å². The van der Waals surface area contributed by atoms with Crippen LogP contribution in [0, 0.1) is 10.1 Å². The van der Waals surface area contributed by atoms with Gasteiger partial charge in [0.2, 0.25) is 0 Å². The maximum atomic E-state index is 12.3. The molecule has 1 aliphatic rings. The number of carbonyl (C=O) groups is 1. The SMILES string of the molecule is Cn1cc(C(=O)N2CC[C@@H](Nc3ccc([N+](=O)[O-])cn3)C2)cn1. The van der Waals surface area contributed by atoms with Crippen molar-refractivity contribution >= 4 is 17.4 Å². The highest BCUT2D eigenvalue weighted by Crippen LogP contribution is 2.18. The first-order valence-electron chi connectivity index (χ1n) is 7.18. The molecule has 1 N–H and O–H groups in total. The van der Waals surface area contributed by atoms with Crippen LogP contribution in [0.4, 0.5) is 11.5 Å². The maximum Gasteiger partial charge on any atom is 0.287 e. The molecule has 2 aromatic rings. The van der Waals surface area contributed by atoms with E-state index >= 15 is 0 Å². The van der Waals surface area contributed by atoms with Gasteiger partial charge in [0.05, 0.1) is 16.7 Å². The third-order valence-electron chi connectivity index (χ3n) is 3.74. The van der Waals surface area contributed by atoms with E-state index in [9.17, 15) is 14.9 Å². The molecule has 1 fully saturated rings. The molecule has 1 aliphatic heterocycles. The Balaban J connectivity index is 1.59. The van der Waals surface area contributed by atoms with Crippen molar-refractivity contribution in [1.82, 2.24) is 19.7 Å². The number of carbonyl (C=O) groups excluding carboxylic acids is 1. The predicted molar refractivity (Wildman–Crippen MR) is 82.0 cm³/mol. The number of hydrogen-bond donors (Lipinski definition) is 1. The van der Waals surface area contributed by atoms with Crippen molar-refractivity contribution in [2.75, 3.05) is 18.4 Å². The van der Waals surface area contributed by atoms with Gasteiger partial charge in [-0.05, 0) is 12.5 Å². The lowest BCUT2D eigenvalue weighted by molar-refractivity contribution is -0.385. The Kier molecular flexibility index (Phi) is 3.92. The summed E-state index contributed by atoms with van der Waals surface area (Å²) in [5.41, 5.74) is 0.525. The molecular formula is C14H16N6O3. The number of nitrogens with zero attached hydrogens (tertiary/aromatic N) is 5. The molecule has 0 spiro atoms. The van der Waals surface area contributed by atoms with Gasteiger partial charge in [0.25, 0.3) is 11.6 Å². The molecule has 120 valence electrons. The van der Waals surface area contributed by atoms with E-state index in [4.69, 9.17) is 0 Å². The number of amides is 1. The lowest BCUT2D eigenvalue weighted by Crippen LogP contribution is -2.31.